The van der Waals surface area contributed by atoms with Gasteiger partial charge in [-0.1, -0.05) is 46.7 Å². The predicted octanol–water partition coefficient (Wildman–Crippen LogP) is 3.78. The Kier molecular flexibility index (Phi) is 5.48. The van der Waals surface area contributed by atoms with Crippen LogP contribution in [-0.4, -0.2) is 17.6 Å². The molecule has 0 saturated carbocycles. The van der Waals surface area contributed by atoms with E-state index in [0.717, 1.165) is 4.88 Å². The molecule has 0 bridgehead atoms. The molecule has 2 aromatic heterocycles. The highest BCUT2D eigenvalue weighted by Gasteiger charge is 2.33. The molecule has 1 aliphatic heterocycles. The van der Waals surface area contributed by atoms with Crippen molar-refractivity contribution in [2.75, 3.05) is 7.11 Å². The molecule has 0 spiro atoms. The van der Waals surface area contributed by atoms with Crippen molar-refractivity contribution >= 4 is 57.9 Å². The molecule has 1 aliphatic rings. The molecule has 0 N–H and O–H groups in total. The molecular formula is C20H14Cl2N2O3S2. The van der Waals surface area contributed by atoms with E-state index in [1.165, 1.54) is 34.4 Å². The van der Waals surface area contributed by atoms with Gasteiger partial charge in [-0.05, 0) is 36.6 Å². The summed E-state index contributed by atoms with van der Waals surface area (Å²) in [4.78, 5) is 31.7. The van der Waals surface area contributed by atoms with E-state index >= 15 is 0 Å². The van der Waals surface area contributed by atoms with Crippen LogP contribution in [0.1, 0.15) is 23.4 Å². The molecule has 0 saturated heterocycles. The smallest absolute Gasteiger partial charge is 0.338 e. The van der Waals surface area contributed by atoms with E-state index in [-0.39, 0.29) is 5.56 Å². The number of ether oxygens (including phenoxy) is 1. The molecule has 9 heteroatoms. The Morgan fingerprint density at radius 3 is 2.59 bits per heavy atom. The minimum Gasteiger partial charge on any atom is -0.466 e. The average molecular weight is 465 g/mol. The molecule has 0 fully saturated rings. The highest BCUT2D eigenvalue weighted by atomic mass is 35.5. The number of allylic oxidation sites excluding steroid dienone is 1. The summed E-state index contributed by atoms with van der Waals surface area (Å²) in [6.07, 6.45) is 1.66. The number of thiophene rings is 1. The molecule has 1 atom stereocenters. The van der Waals surface area contributed by atoms with Gasteiger partial charge in [-0.2, -0.15) is 0 Å². The molecule has 0 amide bonds. The lowest BCUT2D eigenvalue weighted by molar-refractivity contribution is -0.136. The van der Waals surface area contributed by atoms with Gasteiger partial charge >= 0.3 is 5.97 Å². The quantitative estimate of drug-likeness (QED) is 0.554. The van der Waals surface area contributed by atoms with Crippen LogP contribution in [0.5, 0.6) is 0 Å². The number of methoxy groups -OCH3 is 1. The first-order valence-corrected chi connectivity index (χ1v) is 11.0. The van der Waals surface area contributed by atoms with E-state index in [0.29, 0.717) is 36.2 Å². The summed E-state index contributed by atoms with van der Waals surface area (Å²) in [6, 6.07) is 8.34. The van der Waals surface area contributed by atoms with Gasteiger partial charge in [0.1, 0.15) is 6.04 Å². The predicted molar refractivity (Wildman–Crippen MR) is 117 cm³/mol. The maximum Gasteiger partial charge on any atom is 0.338 e. The van der Waals surface area contributed by atoms with Crippen LogP contribution in [0.25, 0.3) is 6.08 Å². The van der Waals surface area contributed by atoms with E-state index in [1.807, 2.05) is 17.5 Å². The van der Waals surface area contributed by atoms with Crippen LogP contribution in [0.15, 0.2) is 56.8 Å². The Morgan fingerprint density at radius 2 is 1.97 bits per heavy atom. The number of thiazole rings is 1. The number of carbonyl (C=O) groups excluding carboxylic acids is 1. The van der Waals surface area contributed by atoms with Crippen molar-refractivity contribution in [2.45, 2.75) is 13.0 Å². The Hall–Kier alpha value is -2.19. The second-order valence-electron chi connectivity index (χ2n) is 6.22. The zero-order valence-corrected chi connectivity index (χ0v) is 18.5. The van der Waals surface area contributed by atoms with Gasteiger partial charge in [-0.3, -0.25) is 9.36 Å². The molecule has 3 heterocycles. The van der Waals surface area contributed by atoms with Gasteiger partial charge in [0.15, 0.2) is 4.80 Å². The van der Waals surface area contributed by atoms with Crippen molar-refractivity contribution < 1.29 is 9.53 Å². The van der Waals surface area contributed by atoms with Crippen LogP contribution in [0.3, 0.4) is 0 Å². The molecule has 5 nitrogen and oxygen atoms in total. The number of esters is 1. The lowest BCUT2D eigenvalue weighted by Crippen LogP contribution is -2.39. The highest BCUT2D eigenvalue weighted by molar-refractivity contribution is 7.10. The van der Waals surface area contributed by atoms with Crippen molar-refractivity contribution in [1.29, 1.82) is 0 Å². The van der Waals surface area contributed by atoms with E-state index in [9.17, 15) is 9.59 Å². The van der Waals surface area contributed by atoms with Gasteiger partial charge in [0, 0.05) is 20.5 Å². The number of hydrogen-bond donors (Lipinski definition) is 0. The average Bonchev–Trinajstić information content (AvgIpc) is 3.32. The van der Waals surface area contributed by atoms with Crippen LogP contribution >= 0.6 is 45.9 Å². The Labute approximate surface area is 183 Å². The maximum atomic E-state index is 13.3. The van der Waals surface area contributed by atoms with E-state index in [1.54, 1.807) is 31.2 Å². The maximum absolute atomic E-state index is 13.3. The Balaban J connectivity index is 2.00. The van der Waals surface area contributed by atoms with Gasteiger partial charge in [-0.15, -0.1) is 11.3 Å². The van der Waals surface area contributed by atoms with Gasteiger partial charge in [0.2, 0.25) is 0 Å². The fourth-order valence-corrected chi connectivity index (χ4v) is 5.55. The van der Waals surface area contributed by atoms with E-state index in [2.05, 4.69) is 4.99 Å². The van der Waals surface area contributed by atoms with Crippen molar-refractivity contribution in [3.05, 3.63) is 87.2 Å². The van der Waals surface area contributed by atoms with Gasteiger partial charge in [-0.25, -0.2) is 9.79 Å². The van der Waals surface area contributed by atoms with Crippen molar-refractivity contribution in [2.24, 2.45) is 4.99 Å². The minimum atomic E-state index is -0.595. The SMILES string of the molecule is COC(=O)C1=C(C)N=c2s/c(=C\c3c(Cl)cccc3Cl)c(=O)n2C1c1cccs1. The third-order valence-electron chi connectivity index (χ3n) is 4.51. The summed E-state index contributed by atoms with van der Waals surface area (Å²) in [7, 11) is 1.32. The molecule has 3 aromatic rings. The Morgan fingerprint density at radius 1 is 1.24 bits per heavy atom. The van der Waals surface area contributed by atoms with Crippen LogP contribution < -0.4 is 14.9 Å². The molecule has 0 aliphatic carbocycles. The number of halogens is 2. The van der Waals surface area contributed by atoms with Crippen LogP contribution in [0, 0.1) is 0 Å². The van der Waals surface area contributed by atoms with E-state index < -0.39 is 12.0 Å². The molecule has 4 rings (SSSR count). The number of hydrogen-bond acceptors (Lipinski definition) is 6. The number of benzene rings is 1. The molecule has 29 heavy (non-hydrogen) atoms. The second-order valence-corrected chi connectivity index (χ2v) is 9.03. The second kappa shape index (κ2) is 7.91. The highest BCUT2D eigenvalue weighted by Crippen LogP contribution is 2.33. The van der Waals surface area contributed by atoms with E-state index in [4.69, 9.17) is 27.9 Å². The first kappa shape index (κ1) is 20.1. The van der Waals surface area contributed by atoms with Crippen molar-refractivity contribution in [3.63, 3.8) is 0 Å². The molecule has 1 aromatic carbocycles. The summed E-state index contributed by atoms with van der Waals surface area (Å²) in [5.41, 5.74) is 1.18. The Bertz CT molecular complexity index is 1300. The first-order chi connectivity index (χ1) is 13.9. The largest absolute Gasteiger partial charge is 0.466 e. The summed E-state index contributed by atoms with van der Waals surface area (Å²) < 4.78 is 6.93. The van der Waals surface area contributed by atoms with Crippen LogP contribution in [0.2, 0.25) is 10.0 Å². The van der Waals surface area contributed by atoms with Gasteiger partial charge < -0.3 is 4.74 Å². The summed E-state index contributed by atoms with van der Waals surface area (Å²) in [5.74, 6) is -0.506. The minimum absolute atomic E-state index is 0.267. The van der Waals surface area contributed by atoms with Gasteiger partial charge in [0.25, 0.3) is 5.56 Å². The van der Waals surface area contributed by atoms with Crippen LogP contribution in [0.4, 0.5) is 0 Å². The fraction of sp³-hybridized carbons (Fsp3) is 0.150. The molecular weight excluding hydrogens is 451 g/mol. The number of fused-ring (bicyclic) bond motifs is 1. The monoisotopic (exact) mass is 464 g/mol. The first-order valence-electron chi connectivity index (χ1n) is 8.50. The van der Waals surface area contributed by atoms with Crippen molar-refractivity contribution in [3.8, 4) is 0 Å². The number of aromatic nitrogens is 1. The topological polar surface area (TPSA) is 60.7 Å². The lowest BCUT2D eigenvalue weighted by Gasteiger charge is -2.22. The summed E-state index contributed by atoms with van der Waals surface area (Å²) in [6.45, 7) is 1.74. The van der Waals surface area contributed by atoms with Gasteiger partial charge in [0.05, 0.1) is 22.9 Å². The third-order valence-corrected chi connectivity index (χ3v) is 7.08. The van der Waals surface area contributed by atoms with Crippen molar-refractivity contribution in [1.82, 2.24) is 4.57 Å². The number of rotatable bonds is 3. The number of nitrogens with zero attached hydrogens (tertiary/aromatic N) is 2. The number of carbonyl (C=O) groups is 1. The standard InChI is InChI=1S/C20H14Cl2N2O3S2/c1-10-16(19(26)27-2)17(14-7-4-8-28-14)24-18(25)15(29-20(24)23-10)9-11-12(21)5-3-6-13(11)22/h3-9,17H,1-2H3/b15-9-. The summed E-state index contributed by atoms with van der Waals surface area (Å²) >= 11 is 15.2. The molecule has 148 valence electrons. The zero-order valence-electron chi connectivity index (χ0n) is 15.3. The zero-order chi connectivity index (χ0) is 20.7. The summed E-state index contributed by atoms with van der Waals surface area (Å²) in [5, 5.41) is 2.80. The fourth-order valence-electron chi connectivity index (χ4n) is 3.19. The molecule has 0 radical (unpaired) electrons. The normalized spacial score (nSPS) is 16.6. The lowest BCUT2D eigenvalue weighted by atomic mass is 10.0. The third kappa shape index (κ3) is 3.48. The molecule has 1 unspecified atom stereocenters. The van der Waals surface area contributed by atoms with Crippen LogP contribution in [-0.2, 0) is 9.53 Å².